The lowest BCUT2D eigenvalue weighted by Gasteiger charge is -2.12. The van der Waals surface area contributed by atoms with Gasteiger partial charge in [0, 0.05) is 41.8 Å². The van der Waals surface area contributed by atoms with E-state index in [0.29, 0.717) is 29.5 Å². The molecule has 3 heterocycles. The van der Waals surface area contributed by atoms with Crippen molar-refractivity contribution in [2.24, 2.45) is 0 Å². The fourth-order valence-corrected chi connectivity index (χ4v) is 4.50. The Morgan fingerprint density at radius 3 is 2.71 bits per heavy atom. The highest BCUT2D eigenvalue weighted by Gasteiger charge is 2.14. The molecular formula is C23H18FN5OS. The lowest BCUT2D eigenvalue weighted by molar-refractivity contribution is 0.594. The molecule has 0 unspecified atom stereocenters. The second-order valence-electron chi connectivity index (χ2n) is 7.10. The van der Waals surface area contributed by atoms with E-state index in [1.807, 2.05) is 24.4 Å². The summed E-state index contributed by atoms with van der Waals surface area (Å²) in [5, 5.41) is 1.71. The van der Waals surface area contributed by atoms with Gasteiger partial charge in [-0.15, -0.1) is 0 Å². The second-order valence-corrected chi connectivity index (χ2v) is 8.05. The van der Waals surface area contributed by atoms with E-state index in [9.17, 15) is 9.18 Å². The molecule has 8 heteroatoms. The first-order chi connectivity index (χ1) is 15.2. The van der Waals surface area contributed by atoms with Gasteiger partial charge < -0.3 is 4.98 Å². The summed E-state index contributed by atoms with van der Waals surface area (Å²) in [4.78, 5) is 29.4. The minimum atomic E-state index is -0.275. The van der Waals surface area contributed by atoms with Crippen LogP contribution in [0.25, 0.3) is 22.1 Å². The van der Waals surface area contributed by atoms with Crippen LogP contribution in [0.1, 0.15) is 11.1 Å². The normalized spacial score (nSPS) is 11.4. The predicted molar refractivity (Wildman–Crippen MR) is 120 cm³/mol. The highest BCUT2D eigenvalue weighted by Crippen LogP contribution is 2.23. The Morgan fingerprint density at radius 1 is 1.03 bits per heavy atom. The van der Waals surface area contributed by atoms with Gasteiger partial charge in [-0.2, -0.15) is 0 Å². The van der Waals surface area contributed by atoms with Crippen molar-refractivity contribution in [3.8, 4) is 0 Å². The minimum Gasteiger partial charge on any atom is -0.361 e. The van der Waals surface area contributed by atoms with Crippen LogP contribution in [0.4, 0.5) is 4.39 Å². The standard InChI is InChI=1S/C23H18FN5OS/c24-17-7-5-15(6-8-17)14-31-23-28-21-20(25-10-11-26-21)22(30)29(23)12-9-16-13-27-19-4-2-1-3-18(16)19/h1-8,10-11,13,27H,9,12,14H2. The van der Waals surface area contributed by atoms with Crippen LogP contribution in [-0.2, 0) is 18.7 Å². The monoisotopic (exact) mass is 431 g/mol. The van der Waals surface area contributed by atoms with E-state index in [2.05, 4.69) is 26.0 Å². The van der Waals surface area contributed by atoms with Crippen LogP contribution in [0.15, 0.2) is 77.1 Å². The van der Waals surface area contributed by atoms with E-state index in [1.54, 1.807) is 16.7 Å². The van der Waals surface area contributed by atoms with Crippen molar-refractivity contribution in [3.05, 3.63) is 94.4 Å². The van der Waals surface area contributed by atoms with Crippen LogP contribution in [0, 0.1) is 5.82 Å². The van der Waals surface area contributed by atoms with E-state index >= 15 is 0 Å². The van der Waals surface area contributed by atoms with Gasteiger partial charge in [0.15, 0.2) is 16.3 Å². The van der Waals surface area contributed by atoms with Gasteiger partial charge in [0.05, 0.1) is 0 Å². The van der Waals surface area contributed by atoms with Gasteiger partial charge in [-0.05, 0) is 35.7 Å². The van der Waals surface area contributed by atoms with E-state index in [1.165, 1.54) is 36.3 Å². The summed E-state index contributed by atoms with van der Waals surface area (Å²) in [7, 11) is 0. The van der Waals surface area contributed by atoms with Crippen LogP contribution in [0.2, 0.25) is 0 Å². The molecule has 0 radical (unpaired) electrons. The molecule has 5 aromatic rings. The second kappa shape index (κ2) is 8.31. The molecule has 0 aliphatic heterocycles. The maximum absolute atomic E-state index is 13.2. The average Bonchev–Trinajstić information content (AvgIpc) is 3.21. The molecule has 0 bridgehead atoms. The number of aryl methyl sites for hydroxylation is 1. The van der Waals surface area contributed by atoms with Gasteiger partial charge in [-0.3, -0.25) is 9.36 Å². The SMILES string of the molecule is O=c1c2nccnc2nc(SCc2ccc(F)cc2)n1CCc1c[nH]c2ccccc12. The van der Waals surface area contributed by atoms with Crippen molar-refractivity contribution in [2.75, 3.05) is 0 Å². The number of benzene rings is 2. The Labute approximate surface area is 181 Å². The maximum atomic E-state index is 13.2. The Hall–Kier alpha value is -3.52. The number of halogens is 1. The summed E-state index contributed by atoms with van der Waals surface area (Å²) in [6, 6.07) is 14.4. The molecule has 0 spiro atoms. The molecule has 3 aromatic heterocycles. The number of nitrogens with one attached hydrogen (secondary N) is 1. The van der Waals surface area contributed by atoms with Gasteiger partial charge in [-0.1, -0.05) is 42.1 Å². The summed E-state index contributed by atoms with van der Waals surface area (Å²) in [5.41, 5.74) is 3.53. The smallest absolute Gasteiger partial charge is 0.282 e. The van der Waals surface area contributed by atoms with Crippen molar-refractivity contribution in [1.29, 1.82) is 0 Å². The van der Waals surface area contributed by atoms with Crippen LogP contribution in [-0.4, -0.2) is 24.5 Å². The van der Waals surface area contributed by atoms with E-state index in [-0.39, 0.29) is 16.9 Å². The number of aromatic nitrogens is 5. The van der Waals surface area contributed by atoms with Crippen LogP contribution >= 0.6 is 11.8 Å². The fourth-order valence-electron chi connectivity index (χ4n) is 3.54. The zero-order valence-corrected chi connectivity index (χ0v) is 17.3. The molecule has 0 aliphatic rings. The molecule has 0 aliphatic carbocycles. The maximum Gasteiger partial charge on any atom is 0.282 e. The number of para-hydroxylation sites is 1. The zero-order valence-electron chi connectivity index (χ0n) is 16.5. The molecule has 0 atom stereocenters. The summed E-state index contributed by atoms with van der Waals surface area (Å²) in [6.45, 7) is 0.464. The van der Waals surface area contributed by atoms with Crippen molar-refractivity contribution in [2.45, 2.75) is 23.9 Å². The van der Waals surface area contributed by atoms with Crippen LogP contribution in [0.3, 0.4) is 0 Å². The molecule has 31 heavy (non-hydrogen) atoms. The largest absolute Gasteiger partial charge is 0.361 e. The van der Waals surface area contributed by atoms with Gasteiger partial charge >= 0.3 is 0 Å². The van der Waals surface area contributed by atoms with Gasteiger partial charge in [0.25, 0.3) is 5.56 Å². The van der Waals surface area contributed by atoms with Gasteiger partial charge in [0.2, 0.25) is 0 Å². The lowest BCUT2D eigenvalue weighted by Crippen LogP contribution is -2.25. The summed E-state index contributed by atoms with van der Waals surface area (Å²) >= 11 is 1.43. The minimum absolute atomic E-state index is 0.209. The Kier molecular flexibility index (Phi) is 5.21. The van der Waals surface area contributed by atoms with Crippen LogP contribution < -0.4 is 5.56 Å². The first-order valence-electron chi connectivity index (χ1n) is 9.83. The van der Waals surface area contributed by atoms with Crippen molar-refractivity contribution in [1.82, 2.24) is 24.5 Å². The molecule has 0 saturated heterocycles. The molecule has 2 aromatic carbocycles. The van der Waals surface area contributed by atoms with Crippen LogP contribution in [0.5, 0.6) is 0 Å². The number of aromatic amines is 1. The van der Waals surface area contributed by atoms with Gasteiger partial charge in [0.1, 0.15) is 5.82 Å². The molecule has 0 fully saturated rings. The number of rotatable bonds is 6. The zero-order chi connectivity index (χ0) is 21.2. The average molecular weight is 431 g/mol. The molecule has 6 nitrogen and oxygen atoms in total. The van der Waals surface area contributed by atoms with Crippen molar-refractivity contribution < 1.29 is 4.39 Å². The third-order valence-corrected chi connectivity index (χ3v) is 6.17. The third kappa shape index (κ3) is 3.94. The number of hydrogen-bond donors (Lipinski definition) is 1. The molecule has 0 saturated carbocycles. The first-order valence-corrected chi connectivity index (χ1v) is 10.8. The Bertz CT molecular complexity index is 1430. The van der Waals surface area contributed by atoms with Crippen molar-refractivity contribution in [3.63, 3.8) is 0 Å². The Morgan fingerprint density at radius 2 is 1.84 bits per heavy atom. The van der Waals surface area contributed by atoms with Crippen molar-refractivity contribution >= 4 is 33.8 Å². The predicted octanol–water partition coefficient (Wildman–Crippen LogP) is 4.34. The molecule has 0 amide bonds. The van der Waals surface area contributed by atoms with E-state index in [4.69, 9.17) is 0 Å². The van der Waals surface area contributed by atoms with E-state index < -0.39 is 0 Å². The molecule has 154 valence electrons. The topological polar surface area (TPSA) is 76.5 Å². The Balaban J connectivity index is 1.48. The number of fused-ring (bicyclic) bond motifs is 2. The quantitative estimate of drug-likeness (QED) is 0.320. The lowest BCUT2D eigenvalue weighted by atomic mass is 10.1. The number of nitrogens with zero attached hydrogens (tertiary/aromatic N) is 4. The summed E-state index contributed by atoms with van der Waals surface area (Å²) in [5.74, 6) is 0.287. The third-order valence-electron chi connectivity index (χ3n) is 5.12. The first kappa shape index (κ1) is 19.4. The summed E-state index contributed by atoms with van der Waals surface area (Å²) < 4.78 is 14.9. The molecular weight excluding hydrogens is 413 g/mol. The number of thioether (sulfide) groups is 1. The fraction of sp³-hybridized carbons (Fsp3) is 0.130. The van der Waals surface area contributed by atoms with Gasteiger partial charge in [-0.25, -0.2) is 19.3 Å². The molecule has 5 rings (SSSR count). The highest BCUT2D eigenvalue weighted by atomic mass is 32.2. The van der Waals surface area contributed by atoms with E-state index in [0.717, 1.165) is 22.0 Å². The number of H-pyrrole nitrogens is 1. The summed E-state index contributed by atoms with van der Waals surface area (Å²) in [6.07, 6.45) is 5.68. The highest BCUT2D eigenvalue weighted by molar-refractivity contribution is 7.98. The number of hydrogen-bond acceptors (Lipinski definition) is 5. The molecule has 1 N–H and O–H groups in total.